The molecule has 0 fully saturated rings. The van der Waals surface area contributed by atoms with E-state index in [1.807, 2.05) is 64.2 Å². The van der Waals surface area contributed by atoms with Crippen LogP contribution < -0.4 is 10.6 Å². The number of H-pyrrole nitrogens is 1. The SMILES string of the molecule is CC.CNCCc1cc(Nc2ccc(C)c(Cl)c2)cc2c1[nH]c1ccc(Cl)cc12. The molecule has 29 heavy (non-hydrogen) atoms. The Morgan fingerprint density at radius 3 is 2.41 bits per heavy atom. The lowest BCUT2D eigenvalue weighted by atomic mass is 10.0. The van der Waals surface area contributed by atoms with Crippen molar-refractivity contribution in [2.45, 2.75) is 27.2 Å². The molecule has 5 heteroatoms. The molecule has 0 radical (unpaired) electrons. The van der Waals surface area contributed by atoms with E-state index in [2.05, 4.69) is 27.8 Å². The summed E-state index contributed by atoms with van der Waals surface area (Å²) in [5.41, 5.74) is 6.59. The van der Waals surface area contributed by atoms with E-state index in [4.69, 9.17) is 23.2 Å². The third-order valence-corrected chi connectivity index (χ3v) is 5.50. The van der Waals surface area contributed by atoms with Gasteiger partial charge in [-0.25, -0.2) is 0 Å². The van der Waals surface area contributed by atoms with E-state index in [0.717, 1.165) is 56.4 Å². The zero-order valence-electron chi connectivity index (χ0n) is 17.3. The van der Waals surface area contributed by atoms with E-state index in [-0.39, 0.29) is 0 Å². The minimum Gasteiger partial charge on any atom is -0.355 e. The molecule has 3 N–H and O–H groups in total. The van der Waals surface area contributed by atoms with Crippen molar-refractivity contribution in [3.8, 4) is 0 Å². The van der Waals surface area contributed by atoms with Crippen LogP contribution in [-0.2, 0) is 6.42 Å². The van der Waals surface area contributed by atoms with Gasteiger partial charge >= 0.3 is 0 Å². The normalized spacial score (nSPS) is 10.8. The third-order valence-electron chi connectivity index (χ3n) is 4.86. The molecular weight excluding hydrogens is 401 g/mol. The van der Waals surface area contributed by atoms with Crippen molar-refractivity contribution in [1.82, 2.24) is 10.3 Å². The largest absolute Gasteiger partial charge is 0.355 e. The summed E-state index contributed by atoms with van der Waals surface area (Å²) in [4.78, 5) is 3.56. The van der Waals surface area contributed by atoms with Crippen molar-refractivity contribution >= 4 is 56.4 Å². The zero-order chi connectivity index (χ0) is 21.0. The van der Waals surface area contributed by atoms with E-state index in [0.29, 0.717) is 0 Å². The second-order valence-corrected chi connectivity index (χ2v) is 7.66. The number of benzene rings is 3. The highest BCUT2D eigenvalue weighted by Crippen LogP contribution is 2.34. The van der Waals surface area contributed by atoms with Gasteiger partial charge in [0.2, 0.25) is 0 Å². The highest BCUT2D eigenvalue weighted by Gasteiger charge is 2.11. The Hall–Kier alpha value is -2.20. The summed E-state index contributed by atoms with van der Waals surface area (Å²) in [5.74, 6) is 0. The minimum absolute atomic E-state index is 0.740. The Bertz CT molecular complexity index is 1130. The van der Waals surface area contributed by atoms with Gasteiger partial charge in [0.25, 0.3) is 0 Å². The van der Waals surface area contributed by atoms with E-state index in [1.54, 1.807) is 0 Å². The van der Waals surface area contributed by atoms with Gasteiger partial charge in [-0.05, 0) is 80.5 Å². The molecule has 3 nitrogen and oxygen atoms in total. The average molecular weight is 428 g/mol. The topological polar surface area (TPSA) is 39.8 Å². The maximum atomic E-state index is 6.29. The molecule has 0 amide bonds. The van der Waals surface area contributed by atoms with Gasteiger partial charge in [0.1, 0.15) is 0 Å². The molecule has 0 atom stereocenters. The van der Waals surface area contributed by atoms with E-state index >= 15 is 0 Å². The van der Waals surface area contributed by atoms with Crippen molar-refractivity contribution in [2.24, 2.45) is 0 Å². The number of hydrogen-bond acceptors (Lipinski definition) is 2. The first-order chi connectivity index (χ1) is 14.0. The number of nitrogens with one attached hydrogen (secondary N) is 3. The molecule has 4 rings (SSSR count). The number of halogens is 2. The summed E-state index contributed by atoms with van der Waals surface area (Å²) in [6.07, 6.45) is 0.928. The van der Waals surface area contributed by atoms with Gasteiger partial charge in [-0.1, -0.05) is 43.1 Å². The number of likely N-dealkylation sites (N-methyl/N-ethyl adjacent to an activating group) is 1. The van der Waals surface area contributed by atoms with Crippen LogP contribution in [-0.4, -0.2) is 18.6 Å². The molecule has 0 aliphatic carbocycles. The summed E-state index contributed by atoms with van der Waals surface area (Å²) >= 11 is 12.5. The molecule has 0 saturated carbocycles. The summed E-state index contributed by atoms with van der Waals surface area (Å²) in [7, 11) is 1.97. The van der Waals surface area contributed by atoms with Gasteiger partial charge < -0.3 is 15.6 Å². The van der Waals surface area contributed by atoms with E-state index < -0.39 is 0 Å². The second kappa shape index (κ2) is 9.53. The van der Waals surface area contributed by atoms with E-state index in [9.17, 15) is 0 Å². The maximum absolute atomic E-state index is 6.29. The van der Waals surface area contributed by atoms with Gasteiger partial charge in [-0.2, -0.15) is 0 Å². The van der Waals surface area contributed by atoms with Crippen molar-refractivity contribution in [3.63, 3.8) is 0 Å². The van der Waals surface area contributed by atoms with Gasteiger partial charge in [0.05, 0.1) is 0 Å². The third kappa shape index (κ3) is 4.69. The van der Waals surface area contributed by atoms with Gasteiger partial charge in [0.15, 0.2) is 0 Å². The summed E-state index contributed by atoms with van der Waals surface area (Å²) < 4.78 is 0. The fourth-order valence-corrected chi connectivity index (χ4v) is 3.76. The molecule has 0 spiro atoms. The molecule has 0 saturated heterocycles. The maximum Gasteiger partial charge on any atom is 0.0499 e. The lowest BCUT2D eigenvalue weighted by Gasteiger charge is -2.11. The predicted octanol–water partition coefficient (Wildman–Crippen LogP) is 7.47. The van der Waals surface area contributed by atoms with Gasteiger partial charge in [-0.3, -0.25) is 0 Å². The molecule has 3 aromatic carbocycles. The molecule has 0 aliphatic heterocycles. The highest BCUT2D eigenvalue weighted by atomic mass is 35.5. The van der Waals surface area contributed by atoms with Crippen molar-refractivity contribution in [1.29, 1.82) is 0 Å². The summed E-state index contributed by atoms with van der Waals surface area (Å²) in [5, 5.41) is 10.5. The summed E-state index contributed by atoms with van der Waals surface area (Å²) in [6.45, 7) is 6.91. The molecule has 1 aromatic heterocycles. The number of aryl methyl sites for hydroxylation is 1. The number of hydrogen-bond donors (Lipinski definition) is 3. The van der Waals surface area contributed by atoms with Crippen LogP contribution in [0.2, 0.25) is 10.0 Å². The molecule has 0 bridgehead atoms. The van der Waals surface area contributed by atoms with Crippen molar-refractivity contribution < 1.29 is 0 Å². The van der Waals surface area contributed by atoms with Gasteiger partial charge in [-0.15, -0.1) is 0 Å². The fourth-order valence-electron chi connectivity index (χ4n) is 3.41. The molecule has 0 unspecified atom stereocenters. The summed E-state index contributed by atoms with van der Waals surface area (Å²) in [6, 6.07) is 16.4. The first-order valence-electron chi connectivity index (χ1n) is 9.97. The number of rotatable bonds is 5. The minimum atomic E-state index is 0.740. The monoisotopic (exact) mass is 427 g/mol. The van der Waals surface area contributed by atoms with Crippen LogP contribution in [0.5, 0.6) is 0 Å². The van der Waals surface area contributed by atoms with Crippen LogP contribution in [0.4, 0.5) is 11.4 Å². The number of anilines is 2. The van der Waals surface area contributed by atoms with Crippen LogP contribution in [0.15, 0.2) is 48.5 Å². The molecular formula is C24H27Cl2N3. The Labute approximate surface area is 182 Å². The Morgan fingerprint density at radius 1 is 0.897 bits per heavy atom. The Morgan fingerprint density at radius 2 is 1.69 bits per heavy atom. The molecule has 152 valence electrons. The second-order valence-electron chi connectivity index (χ2n) is 6.82. The number of aromatic nitrogens is 1. The van der Waals surface area contributed by atoms with Gasteiger partial charge in [0, 0.05) is 43.2 Å². The molecule has 1 heterocycles. The van der Waals surface area contributed by atoms with Crippen LogP contribution in [0.1, 0.15) is 25.0 Å². The first kappa shape index (κ1) is 21.5. The quantitative estimate of drug-likeness (QED) is 0.309. The lowest BCUT2D eigenvalue weighted by Crippen LogP contribution is -2.10. The smallest absolute Gasteiger partial charge is 0.0499 e. The number of fused-ring (bicyclic) bond motifs is 3. The van der Waals surface area contributed by atoms with Crippen LogP contribution >= 0.6 is 23.2 Å². The van der Waals surface area contributed by atoms with Crippen LogP contribution in [0, 0.1) is 6.92 Å². The highest BCUT2D eigenvalue weighted by molar-refractivity contribution is 6.32. The Kier molecular flexibility index (Phi) is 7.07. The lowest BCUT2D eigenvalue weighted by molar-refractivity contribution is 0.794. The van der Waals surface area contributed by atoms with Crippen LogP contribution in [0.3, 0.4) is 0 Å². The van der Waals surface area contributed by atoms with Crippen molar-refractivity contribution in [2.75, 3.05) is 18.9 Å². The Balaban J connectivity index is 0.00000117. The first-order valence-corrected chi connectivity index (χ1v) is 10.7. The number of aromatic amines is 1. The molecule has 0 aliphatic rings. The van der Waals surface area contributed by atoms with Crippen LogP contribution in [0.25, 0.3) is 21.8 Å². The molecule has 4 aromatic rings. The zero-order valence-corrected chi connectivity index (χ0v) is 18.8. The standard InChI is InChI=1S/C22H21Cl2N3.C2H6/c1-13-3-5-16(12-20(13)24)26-17-9-14(7-8-25-2)22-19(11-17)18-10-15(23)4-6-21(18)27-22;1-2/h3-6,9-12,25-27H,7-8H2,1-2H3;1-2H3. The fraction of sp³-hybridized carbons (Fsp3) is 0.250. The predicted molar refractivity (Wildman–Crippen MR) is 129 cm³/mol. The van der Waals surface area contributed by atoms with E-state index in [1.165, 1.54) is 10.9 Å². The average Bonchev–Trinajstić information content (AvgIpc) is 3.08. The van der Waals surface area contributed by atoms with Crippen molar-refractivity contribution in [3.05, 3.63) is 69.7 Å².